The molecular weight excluding hydrogens is 334 g/mol. The third kappa shape index (κ3) is 5.56. The molecule has 0 fully saturated rings. The average Bonchev–Trinajstić information content (AvgIpc) is 2.69. The van der Waals surface area contributed by atoms with Gasteiger partial charge in [0.05, 0.1) is 5.69 Å². The number of hydrogen-bond donors (Lipinski definition) is 1. The van der Waals surface area contributed by atoms with Crippen LogP contribution in [0.4, 0.5) is 0 Å². The second-order valence-electron chi connectivity index (χ2n) is 8.12. The normalized spacial score (nSPS) is 14.1. The molecule has 0 amide bonds. The topological polar surface area (TPSA) is 50.2 Å². The van der Waals surface area contributed by atoms with Crippen molar-refractivity contribution in [3.05, 3.63) is 30.1 Å². The third-order valence-electron chi connectivity index (χ3n) is 6.30. The van der Waals surface area contributed by atoms with Gasteiger partial charge in [0.2, 0.25) is 0 Å². The molecule has 1 aromatic rings. The maximum absolute atomic E-state index is 13.0. The molecule has 0 aliphatic rings. The zero-order valence-electron chi connectivity index (χ0n) is 18.1. The van der Waals surface area contributed by atoms with Gasteiger partial charge in [0, 0.05) is 6.20 Å². The van der Waals surface area contributed by atoms with Crippen LogP contribution in [0.1, 0.15) is 110 Å². The van der Waals surface area contributed by atoms with Gasteiger partial charge in [0.25, 0.3) is 0 Å². The Kier molecular flexibility index (Phi) is 10.6. The van der Waals surface area contributed by atoms with Crippen molar-refractivity contribution >= 4 is 5.97 Å². The Morgan fingerprint density at radius 2 is 1.33 bits per heavy atom. The maximum atomic E-state index is 13.0. The lowest BCUT2D eigenvalue weighted by atomic mass is 9.53. The lowest BCUT2D eigenvalue weighted by Crippen LogP contribution is -2.52. The van der Waals surface area contributed by atoms with E-state index in [1.54, 1.807) is 6.20 Å². The van der Waals surface area contributed by atoms with Crippen LogP contribution in [-0.2, 0) is 10.2 Å². The number of pyridine rings is 1. The molecule has 1 heterocycles. The van der Waals surface area contributed by atoms with Crippen LogP contribution in [0.3, 0.4) is 0 Å². The summed E-state index contributed by atoms with van der Waals surface area (Å²) in [4.78, 5) is 17.7. The number of unbranched alkanes of at least 4 members (excludes halogenated alkanes) is 4. The number of carboxylic acid groups (broad SMARTS) is 1. The Hall–Kier alpha value is -1.38. The summed E-state index contributed by atoms with van der Waals surface area (Å²) in [6, 6.07) is 5.81. The smallest absolute Gasteiger partial charge is 0.316 e. The standard InChI is InChI=1S/C24H41NO2/c1-5-9-16-23(17-10-6-2,18-11-7-3)24(22(26)27,19-12-8-4)21-15-13-14-20-25-21/h13-15,20H,5-12,16-19H2,1-4H3,(H,26,27). The van der Waals surface area contributed by atoms with Gasteiger partial charge < -0.3 is 5.11 Å². The van der Waals surface area contributed by atoms with E-state index in [0.717, 1.165) is 76.3 Å². The summed E-state index contributed by atoms with van der Waals surface area (Å²) in [5.74, 6) is -0.669. The molecule has 1 N–H and O–H groups in total. The van der Waals surface area contributed by atoms with Gasteiger partial charge in [-0.15, -0.1) is 0 Å². The SMILES string of the molecule is CCCCC(CCCC)(CCCC)C(CCCC)(C(=O)O)c1ccccn1. The maximum Gasteiger partial charge on any atom is 0.316 e. The molecule has 27 heavy (non-hydrogen) atoms. The second-order valence-corrected chi connectivity index (χ2v) is 8.12. The minimum atomic E-state index is -0.885. The fourth-order valence-electron chi connectivity index (χ4n) is 4.73. The zero-order valence-corrected chi connectivity index (χ0v) is 18.1. The van der Waals surface area contributed by atoms with Crippen molar-refractivity contribution in [2.24, 2.45) is 5.41 Å². The van der Waals surface area contributed by atoms with Gasteiger partial charge in [-0.25, -0.2) is 0 Å². The molecule has 3 heteroatoms. The zero-order chi connectivity index (χ0) is 20.2. The molecule has 1 aromatic heterocycles. The van der Waals surface area contributed by atoms with E-state index in [2.05, 4.69) is 32.7 Å². The number of aromatic nitrogens is 1. The summed E-state index contributed by atoms with van der Waals surface area (Å²) in [7, 11) is 0. The van der Waals surface area contributed by atoms with Crippen LogP contribution in [0.25, 0.3) is 0 Å². The predicted octanol–water partition coefficient (Wildman–Crippen LogP) is 7.15. The molecule has 0 saturated heterocycles. The summed E-state index contributed by atoms with van der Waals surface area (Å²) in [5, 5.41) is 10.7. The molecule has 1 rings (SSSR count). The number of carbonyl (C=O) groups is 1. The number of hydrogen-bond acceptors (Lipinski definition) is 2. The van der Waals surface area contributed by atoms with Crippen molar-refractivity contribution in [2.45, 2.75) is 110 Å². The lowest BCUT2D eigenvalue weighted by Gasteiger charge is -2.49. The number of carboxylic acids is 1. The highest BCUT2D eigenvalue weighted by molar-refractivity contribution is 5.82. The predicted molar refractivity (Wildman–Crippen MR) is 114 cm³/mol. The van der Waals surface area contributed by atoms with Gasteiger partial charge in [0.1, 0.15) is 5.41 Å². The molecular formula is C24H41NO2. The average molecular weight is 376 g/mol. The molecule has 0 aliphatic carbocycles. The molecule has 3 nitrogen and oxygen atoms in total. The van der Waals surface area contributed by atoms with Crippen molar-refractivity contribution < 1.29 is 9.90 Å². The van der Waals surface area contributed by atoms with Crippen LogP contribution < -0.4 is 0 Å². The van der Waals surface area contributed by atoms with E-state index in [1.165, 1.54) is 0 Å². The van der Waals surface area contributed by atoms with Gasteiger partial charge in [0.15, 0.2) is 0 Å². The second kappa shape index (κ2) is 12.2. The molecule has 154 valence electrons. The van der Waals surface area contributed by atoms with E-state index in [-0.39, 0.29) is 5.41 Å². The molecule has 0 aromatic carbocycles. The van der Waals surface area contributed by atoms with E-state index in [1.807, 2.05) is 18.2 Å². The molecule has 0 saturated carbocycles. The minimum Gasteiger partial charge on any atom is -0.481 e. The van der Waals surface area contributed by atoms with E-state index in [4.69, 9.17) is 0 Å². The van der Waals surface area contributed by atoms with E-state index < -0.39 is 11.4 Å². The summed E-state index contributed by atoms with van der Waals surface area (Å²) in [6.07, 6.45) is 13.9. The summed E-state index contributed by atoms with van der Waals surface area (Å²) in [5.41, 5.74) is -0.331. The van der Waals surface area contributed by atoms with Gasteiger partial charge >= 0.3 is 5.97 Å². The summed E-state index contributed by atoms with van der Waals surface area (Å²) < 4.78 is 0. The van der Waals surface area contributed by atoms with Crippen molar-refractivity contribution in [2.75, 3.05) is 0 Å². The Balaban J connectivity index is 3.63. The third-order valence-corrected chi connectivity index (χ3v) is 6.30. The fourth-order valence-corrected chi connectivity index (χ4v) is 4.73. The van der Waals surface area contributed by atoms with Crippen LogP contribution in [0.15, 0.2) is 24.4 Å². The van der Waals surface area contributed by atoms with Crippen LogP contribution >= 0.6 is 0 Å². The first kappa shape index (κ1) is 23.7. The number of aliphatic carboxylic acids is 1. The largest absolute Gasteiger partial charge is 0.481 e. The van der Waals surface area contributed by atoms with E-state index in [9.17, 15) is 9.90 Å². The van der Waals surface area contributed by atoms with E-state index >= 15 is 0 Å². The highest BCUT2D eigenvalue weighted by atomic mass is 16.4. The first-order valence-electron chi connectivity index (χ1n) is 11.2. The number of rotatable bonds is 15. The van der Waals surface area contributed by atoms with Crippen molar-refractivity contribution in [1.29, 1.82) is 0 Å². The molecule has 1 unspecified atom stereocenters. The van der Waals surface area contributed by atoms with Gasteiger partial charge in [-0.05, 0) is 43.2 Å². The lowest BCUT2D eigenvalue weighted by molar-refractivity contribution is -0.153. The fraction of sp³-hybridized carbons (Fsp3) is 0.750. The Morgan fingerprint density at radius 1 is 0.852 bits per heavy atom. The van der Waals surface area contributed by atoms with Gasteiger partial charge in [-0.1, -0.05) is 85.1 Å². The van der Waals surface area contributed by atoms with Gasteiger partial charge in [-0.3, -0.25) is 9.78 Å². The Labute approximate surface area is 167 Å². The molecule has 0 aliphatic heterocycles. The first-order chi connectivity index (χ1) is 13.0. The van der Waals surface area contributed by atoms with Gasteiger partial charge in [-0.2, -0.15) is 0 Å². The van der Waals surface area contributed by atoms with Crippen LogP contribution in [0.5, 0.6) is 0 Å². The Bertz CT molecular complexity index is 507. The molecule has 1 atom stereocenters. The quantitative estimate of drug-likeness (QED) is 0.354. The van der Waals surface area contributed by atoms with Crippen LogP contribution in [0, 0.1) is 5.41 Å². The van der Waals surface area contributed by atoms with Crippen molar-refractivity contribution in [1.82, 2.24) is 4.98 Å². The Morgan fingerprint density at radius 3 is 1.70 bits per heavy atom. The van der Waals surface area contributed by atoms with Crippen molar-refractivity contribution in [3.63, 3.8) is 0 Å². The van der Waals surface area contributed by atoms with Crippen LogP contribution in [-0.4, -0.2) is 16.1 Å². The minimum absolute atomic E-state index is 0.218. The highest BCUT2D eigenvalue weighted by Crippen LogP contribution is 2.54. The molecule has 0 spiro atoms. The summed E-state index contributed by atoms with van der Waals surface area (Å²) >= 11 is 0. The number of nitrogens with zero attached hydrogens (tertiary/aromatic N) is 1. The van der Waals surface area contributed by atoms with E-state index in [0.29, 0.717) is 6.42 Å². The summed E-state index contributed by atoms with van der Waals surface area (Å²) in [6.45, 7) is 8.77. The monoisotopic (exact) mass is 375 g/mol. The molecule has 0 bridgehead atoms. The molecule has 0 radical (unpaired) electrons. The van der Waals surface area contributed by atoms with Crippen molar-refractivity contribution in [3.8, 4) is 0 Å². The highest BCUT2D eigenvalue weighted by Gasteiger charge is 2.56. The van der Waals surface area contributed by atoms with Crippen LogP contribution in [0.2, 0.25) is 0 Å². The first-order valence-corrected chi connectivity index (χ1v) is 11.2.